The molecule has 1 atom stereocenters. The van der Waals surface area contributed by atoms with E-state index >= 15 is 0 Å². The SMILES string of the molecule is CCNC1CCc2c(Br)cc(F)cc21. The van der Waals surface area contributed by atoms with Crippen LogP contribution in [-0.4, -0.2) is 6.54 Å². The van der Waals surface area contributed by atoms with E-state index in [2.05, 4.69) is 28.2 Å². The molecule has 1 unspecified atom stereocenters. The van der Waals surface area contributed by atoms with E-state index in [0.29, 0.717) is 6.04 Å². The standard InChI is InChI=1S/C11H13BrFN/c1-2-14-11-4-3-8-9(11)5-7(13)6-10(8)12/h5-6,11,14H,2-4H2,1H3. The number of halogens is 2. The molecule has 0 radical (unpaired) electrons. The molecule has 0 heterocycles. The van der Waals surface area contributed by atoms with Gasteiger partial charge < -0.3 is 5.32 Å². The lowest BCUT2D eigenvalue weighted by molar-refractivity contribution is 0.545. The van der Waals surface area contributed by atoms with Crippen molar-refractivity contribution in [1.82, 2.24) is 5.32 Å². The van der Waals surface area contributed by atoms with Crippen molar-refractivity contribution in [3.63, 3.8) is 0 Å². The third kappa shape index (κ3) is 1.71. The van der Waals surface area contributed by atoms with Crippen molar-refractivity contribution in [1.29, 1.82) is 0 Å². The van der Waals surface area contributed by atoms with Gasteiger partial charge in [0, 0.05) is 10.5 Å². The maximum Gasteiger partial charge on any atom is 0.124 e. The number of rotatable bonds is 2. The predicted molar refractivity (Wildman–Crippen MR) is 58.8 cm³/mol. The topological polar surface area (TPSA) is 12.0 Å². The molecule has 76 valence electrons. The first-order valence-corrected chi connectivity index (χ1v) is 5.73. The largest absolute Gasteiger partial charge is 0.310 e. The molecule has 14 heavy (non-hydrogen) atoms. The van der Waals surface area contributed by atoms with Gasteiger partial charge in [0.25, 0.3) is 0 Å². The van der Waals surface area contributed by atoms with Crippen LogP contribution in [0.1, 0.15) is 30.5 Å². The summed E-state index contributed by atoms with van der Waals surface area (Å²) in [6.45, 7) is 3.00. The van der Waals surface area contributed by atoms with Crippen LogP contribution in [0.2, 0.25) is 0 Å². The van der Waals surface area contributed by atoms with Crippen LogP contribution in [0.5, 0.6) is 0 Å². The van der Waals surface area contributed by atoms with Gasteiger partial charge in [-0.2, -0.15) is 0 Å². The number of hydrogen-bond acceptors (Lipinski definition) is 1. The van der Waals surface area contributed by atoms with Crippen molar-refractivity contribution >= 4 is 15.9 Å². The van der Waals surface area contributed by atoms with E-state index in [1.807, 2.05) is 0 Å². The van der Waals surface area contributed by atoms with Crippen LogP contribution in [0.15, 0.2) is 16.6 Å². The molecular weight excluding hydrogens is 245 g/mol. The number of hydrogen-bond donors (Lipinski definition) is 1. The Morgan fingerprint density at radius 1 is 1.57 bits per heavy atom. The van der Waals surface area contributed by atoms with Crippen molar-refractivity contribution in [2.24, 2.45) is 0 Å². The monoisotopic (exact) mass is 257 g/mol. The van der Waals surface area contributed by atoms with E-state index in [0.717, 1.165) is 29.4 Å². The number of nitrogens with one attached hydrogen (secondary N) is 1. The van der Waals surface area contributed by atoms with Crippen LogP contribution in [0.3, 0.4) is 0 Å². The van der Waals surface area contributed by atoms with Crippen LogP contribution in [-0.2, 0) is 6.42 Å². The summed E-state index contributed by atoms with van der Waals surface area (Å²) in [5.74, 6) is -0.152. The summed E-state index contributed by atoms with van der Waals surface area (Å²) >= 11 is 3.41. The normalized spacial score (nSPS) is 19.8. The lowest BCUT2D eigenvalue weighted by atomic mass is 10.1. The fraction of sp³-hybridized carbons (Fsp3) is 0.455. The van der Waals surface area contributed by atoms with Crippen LogP contribution in [0.4, 0.5) is 4.39 Å². The minimum absolute atomic E-state index is 0.152. The van der Waals surface area contributed by atoms with Gasteiger partial charge >= 0.3 is 0 Å². The summed E-state index contributed by atoms with van der Waals surface area (Å²) in [4.78, 5) is 0. The van der Waals surface area contributed by atoms with Crippen molar-refractivity contribution in [2.45, 2.75) is 25.8 Å². The second-order valence-electron chi connectivity index (χ2n) is 3.60. The third-order valence-electron chi connectivity index (χ3n) is 2.70. The minimum atomic E-state index is -0.152. The van der Waals surface area contributed by atoms with Crippen molar-refractivity contribution in [3.8, 4) is 0 Å². The Kier molecular flexibility index (Phi) is 2.88. The molecule has 0 bridgehead atoms. The number of benzene rings is 1. The van der Waals surface area contributed by atoms with Gasteiger partial charge in [-0.3, -0.25) is 0 Å². The Hall–Kier alpha value is -0.410. The fourth-order valence-electron chi connectivity index (χ4n) is 2.10. The summed E-state index contributed by atoms with van der Waals surface area (Å²) in [5.41, 5.74) is 2.39. The molecule has 0 fully saturated rings. The molecule has 2 rings (SSSR count). The van der Waals surface area contributed by atoms with E-state index < -0.39 is 0 Å². The van der Waals surface area contributed by atoms with Gasteiger partial charge in [0.05, 0.1) is 0 Å². The van der Waals surface area contributed by atoms with Crippen LogP contribution in [0.25, 0.3) is 0 Å². The van der Waals surface area contributed by atoms with Crippen LogP contribution >= 0.6 is 15.9 Å². The molecule has 0 aliphatic heterocycles. The van der Waals surface area contributed by atoms with Gasteiger partial charge in [-0.15, -0.1) is 0 Å². The Bertz CT molecular complexity index is 351. The highest BCUT2D eigenvalue weighted by Crippen LogP contribution is 2.36. The molecular formula is C11H13BrFN. The first-order valence-electron chi connectivity index (χ1n) is 4.93. The highest BCUT2D eigenvalue weighted by Gasteiger charge is 2.24. The average molecular weight is 258 g/mol. The molecule has 1 aromatic rings. The molecule has 3 heteroatoms. The van der Waals surface area contributed by atoms with Crippen molar-refractivity contribution in [3.05, 3.63) is 33.5 Å². The van der Waals surface area contributed by atoms with E-state index in [-0.39, 0.29) is 5.82 Å². The molecule has 0 amide bonds. The van der Waals surface area contributed by atoms with E-state index in [4.69, 9.17) is 0 Å². The zero-order valence-corrected chi connectivity index (χ0v) is 9.70. The highest BCUT2D eigenvalue weighted by atomic mass is 79.9. The van der Waals surface area contributed by atoms with E-state index in [1.165, 1.54) is 5.56 Å². The van der Waals surface area contributed by atoms with Gasteiger partial charge in [-0.1, -0.05) is 22.9 Å². The minimum Gasteiger partial charge on any atom is -0.310 e. The zero-order valence-electron chi connectivity index (χ0n) is 8.11. The molecule has 0 saturated carbocycles. The number of fused-ring (bicyclic) bond motifs is 1. The van der Waals surface area contributed by atoms with Crippen molar-refractivity contribution < 1.29 is 4.39 Å². The highest BCUT2D eigenvalue weighted by molar-refractivity contribution is 9.10. The summed E-state index contributed by atoms with van der Waals surface area (Å²) in [7, 11) is 0. The first-order chi connectivity index (χ1) is 6.72. The summed E-state index contributed by atoms with van der Waals surface area (Å²) < 4.78 is 14.1. The van der Waals surface area contributed by atoms with Gasteiger partial charge in [0.1, 0.15) is 5.82 Å². The molecule has 1 aliphatic rings. The summed E-state index contributed by atoms with van der Waals surface area (Å²) in [6.07, 6.45) is 2.11. The molecule has 0 spiro atoms. The molecule has 1 nitrogen and oxygen atoms in total. The Labute approximate surface area is 91.8 Å². The molecule has 1 aliphatic carbocycles. The van der Waals surface area contributed by atoms with E-state index in [9.17, 15) is 4.39 Å². The van der Waals surface area contributed by atoms with Crippen LogP contribution in [0, 0.1) is 5.82 Å². The first kappa shape index (κ1) is 10.1. The third-order valence-corrected chi connectivity index (χ3v) is 3.41. The molecule has 0 saturated heterocycles. The smallest absolute Gasteiger partial charge is 0.124 e. The Balaban J connectivity index is 2.38. The predicted octanol–water partition coefficient (Wildman–Crippen LogP) is 3.19. The van der Waals surface area contributed by atoms with Crippen LogP contribution < -0.4 is 5.32 Å². The van der Waals surface area contributed by atoms with E-state index in [1.54, 1.807) is 12.1 Å². The Morgan fingerprint density at radius 3 is 3.07 bits per heavy atom. The quantitative estimate of drug-likeness (QED) is 0.859. The zero-order chi connectivity index (χ0) is 10.1. The fourth-order valence-corrected chi connectivity index (χ4v) is 2.75. The van der Waals surface area contributed by atoms with Gasteiger partial charge in [-0.05, 0) is 42.6 Å². The average Bonchev–Trinajstić information content (AvgIpc) is 2.49. The van der Waals surface area contributed by atoms with Gasteiger partial charge in [0.15, 0.2) is 0 Å². The molecule has 1 aromatic carbocycles. The van der Waals surface area contributed by atoms with Crippen molar-refractivity contribution in [2.75, 3.05) is 6.54 Å². The Morgan fingerprint density at radius 2 is 2.36 bits per heavy atom. The maximum atomic E-state index is 13.2. The maximum absolute atomic E-state index is 13.2. The second kappa shape index (κ2) is 3.99. The molecule has 0 aromatic heterocycles. The summed E-state index contributed by atoms with van der Waals surface area (Å²) in [5, 5.41) is 3.37. The van der Waals surface area contributed by atoms with Gasteiger partial charge in [-0.25, -0.2) is 4.39 Å². The summed E-state index contributed by atoms with van der Waals surface area (Å²) in [6, 6.07) is 3.54. The second-order valence-corrected chi connectivity index (χ2v) is 4.46. The lowest BCUT2D eigenvalue weighted by Crippen LogP contribution is -2.18. The van der Waals surface area contributed by atoms with Gasteiger partial charge in [0.2, 0.25) is 0 Å². The molecule has 1 N–H and O–H groups in total. The lowest BCUT2D eigenvalue weighted by Gasteiger charge is -2.12.